The van der Waals surface area contributed by atoms with Crippen LogP contribution in [0.5, 0.6) is 0 Å². The predicted octanol–water partition coefficient (Wildman–Crippen LogP) is 4.52. The van der Waals surface area contributed by atoms with Crippen LogP contribution in [0, 0.1) is 6.92 Å². The largest absolute Gasteiger partial charge is 0.351 e. The van der Waals surface area contributed by atoms with Crippen molar-refractivity contribution in [3.05, 3.63) is 35.2 Å². The summed E-state index contributed by atoms with van der Waals surface area (Å²) in [5.41, 5.74) is 3.23. The Hall–Kier alpha value is -1.33. The van der Waals surface area contributed by atoms with Gasteiger partial charge in [-0.25, -0.2) is 4.98 Å². The van der Waals surface area contributed by atoms with Gasteiger partial charge in [0, 0.05) is 28.7 Å². The Morgan fingerprint density at radius 2 is 1.95 bits per heavy atom. The molecular weight excluding hydrogens is 312 g/mol. The molecule has 5 heteroatoms. The van der Waals surface area contributed by atoms with Gasteiger partial charge in [-0.15, -0.1) is 11.3 Å². The topological polar surface area (TPSA) is 42.0 Å². The number of rotatable bonds is 5. The zero-order valence-electron chi connectivity index (χ0n) is 13.5. The highest BCUT2D eigenvalue weighted by atomic mass is 32.2. The maximum Gasteiger partial charge on any atom is 0.221 e. The number of amides is 1. The number of nitrogens with zero attached hydrogens (tertiary/aromatic N) is 1. The lowest BCUT2D eigenvalue weighted by Crippen LogP contribution is -2.40. The molecule has 0 fully saturated rings. The third kappa shape index (κ3) is 5.46. The van der Waals surface area contributed by atoms with Crippen molar-refractivity contribution in [2.24, 2.45) is 0 Å². The number of hydrogen-bond donors (Lipinski definition) is 1. The lowest BCUT2D eigenvalue weighted by atomic mass is 10.1. The zero-order valence-corrected chi connectivity index (χ0v) is 15.1. The number of nitrogens with one attached hydrogen (secondary N) is 1. The number of hydrogen-bond acceptors (Lipinski definition) is 4. The lowest BCUT2D eigenvalue weighted by Gasteiger charge is -2.20. The summed E-state index contributed by atoms with van der Waals surface area (Å²) in [7, 11) is 0. The highest BCUT2D eigenvalue weighted by Crippen LogP contribution is 2.28. The van der Waals surface area contributed by atoms with E-state index in [0.29, 0.717) is 6.42 Å². The number of thiazole rings is 1. The molecule has 0 unspecified atom stereocenters. The Labute approximate surface area is 140 Å². The van der Waals surface area contributed by atoms with Gasteiger partial charge >= 0.3 is 0 Å². The number of carbonyl (C=O) groups excluding carboxylic acids is 1. The molecule has 1 aromatic heterocycles. The van der Waals surface area contributed by atoms with Crippen LogP contribution >= 0.6 is 23.1 Å². The smallest absolute Gasteiger partial charge is 0.221 e. The first kappa shape index (κ1) is 17.0. The van der Waals surface area contributed by atoms with Gasteiger partial charge in [0.1, 0.15) is 0 Å². The molecule has 118 valence electrons. The van der Waals surface area contributed by atoms with E-state index in [0.717, 1.165) is 21.3 Å². The van der Waals surface area contributed by atoms with Crippen LogP contribution in [0.3, 0.4) is 0 Å². The SMILES string of the molecule is Cc1ccc(-c2csc(SCCC(=O)NC(C)(C)C)n2)cc1. The molecule has 1 aromatic carbocycles. The van der Waals surface area contributed by atoms with Gasteiger partial charge in [-0.2, -0.15) is 0 Å². The third-order valence-corrected chi connectivity index (χ3v) is 4.92. The normalized spacial score (nSPS) is 11.5. The minimum Gasteiger partial charge on any atom is -0.351 e. The summed E-state index contributed by atoms with van der Waals surface area (Å²) in [5.74, 6) is 0.846. The van der Waals surface area contributed by atoms with Crippen LogP contribution < -0.4 is 5.32 Å². The first-order valence-electron chi connectivity index (χ1n) is 7.30. The minimum atomic E-state index is -0.165. The highest BCUT2D eigenvalue weighted by Gasteiger charge is 2.13. The third-order valence-electron chi connectivity index (χ3n) is 2.90. The number of thioether (sulfide) groups is 1. The average Bonchev–Trinajstić information content (AvgIpc) is 2.86. The summed E-state index contributed by atoms with van der Waals surface area (Å²) in [6, 6.07) is 8.38. The van der Waals surface area contributed by atoms with E-state index in [9.17, 15) is 4.79 Å². The molecule has 0 bridgehead atoms. The lowest BCUT2D eigenvalue weighted by molar-refractivity contribution is -0.122. The first-order valence-corrected chi connectivity index (χ1v) is 9.16. The van der Waals surface area contributed by atoms with E-state index in [-0.39, 0.29) is 11.4 Å². The number of aryl methyl sites for hydroxylation is 1. The zero-order chi connectivity index (χ0) is 16.2. The van der Waals surface area contributed by atoms with Crippen LogP contribution in [0.2, 0.25) is 0 Å². The molecule has 0 aliphatic rings. The van der Waals surface area contributed by atoms with Gasteiger partial charge in [-0.3, -0.25) is 4.79 Å². The minimum absolute atomic E-state index is 0.0929. The summed E-state index contributed by atoms with van der Waals surface area (Å²) < 4.78 is 1.01. The molecule has 0 radical (unpaired) electrons. The van der Waals surface area contributed by atoms with E-state index in [2.05, 4.69) is 46.9 Å². The molecule has 22 heavy (non-hydrogen) atoms. The van der Waals surface area contributed by atoms with E-state index >= 15 is 0 Å². The Balaban J connectivity index is 1.85. The maximum absolute atomic E-state index is 11.8. The Morgan fingerprint density at radius 3 is 2.59 bits per heavy atom. The molecule has 1 amide bonds. The van der Waals surface area contributed by atoms with Gasteiger partial charge in [0.2, 0.25) is 5.91 Å². The van der Waals surface area contributed by atoms with E-state index < -0.39 is 0 Å². The van der Waals surface area contributed by atoms with Gasteiger partial charge in [-0.05, 0) is 27.7 Å². The standard InChI is InChI=1S/C17H22N2OS2/c1-12-5-7-13(8-6-12)14-11-22-16(18-14)21-10-9-15(20)19-17(2,3)4/h5-8,11H,9-10H2,1-4H3,(H,19,20). The van der Waals surface area contributed by atoms with Crippen LogP contribution in [0.1, 0.15) is 32.8 Å². The Bertz CT molecular complexity index is 627. The van der Waals surface area contributed by atoms with E-state index in [1.807, 2.05) is 20.8 Å². The molecule has 1 N–H and O–H groups in total. The predicted molar refractivity (Wildman–Crippen MR) is 95.5 cm³/mol. The highest BCUT2D eigenvalue weighted by molar-refractivity contribution is 8.01. The Morgan fingerprint density at radius 1 is 1.27 bits per heavy atom. The molecule has 3 nitrogen and oxygen atoms in total. The van der Waals surface area contributed by atoms with Crippen molar-refractivity contribution in [1.29, 1.82) is 0 Å². The summed E-state index contributed by atoms with van der Waals surface area (Å²) in [5, 5.41) is 5.04. The van der Waals surface area contributed by atoms with Crippen molar-refractivity contribution in [3.63, 3.8) is 0 Å². The van der Waals surface area contributed by atoms with E-state index in [1.54, 1.807) is 23.1 Å². The second-order valence-electron chi connectivity index (χ2n) is 6.26. The van der Waals surface area contributed by atoms with E-state index in [1.165, 1.54) is 5.56 Å². The van der Waals surface area contributed by atoms with E-state index in [4.69, 9.17) is 0 Å². The molecule has 2 rings (SSSR count). The summed E-state index contributed by atoms with van der Waals surface area (Å²) >= 11 is 3.27. The summed E-state index contributed by atoms with van der Waals surface area (Å²) in [6.45, 7) is 8.06. The fraction of sp³-hybridized carbons (Fsp3) is 0.412. The van der Waals surface area contributed by atoms with Crippen LogP contribution in [0.25, 0.3) is 11.3 Å². The quantitative estimate of drug-likeness (QED) is 0.818. The molecular formula is C17H22N2OS2. The molecule has 0 atom stereocenters. The first-order chi connectivity index (χ1) is 10.3. The van der Waals surface area contributed by atoms with Crippen LogP contribution in [0.4, 0.5) is 0 Å². The second-order valence-corrected chi connectivity index (χ2v) is 8.46. The average molecular weight is 335 g/mol. The number of benzene rings is 1. The molecule has 1 heterocycles. The molecule has 2 aromatic rings. The Kier molecular flexibility index (Phi) is 5.64. The number of aromatic nitrogens is 1. The molecule has 0 aliphatic carbocycles. The van der Waals surface area contributed by atoms with Gasteiger partial charge in [0.25, 0.3) is 0 Å². The fourth-order valence-corrected chi connectivity index (χ4v) is 3.74. The van der Waals surface area contributed by atoms with Gasteiger partial charge < -0.3 is 5.32 Å². The van der Waals surface area contributed by atoms with Gasteiger partial charge in [-0.1, -0.05) is 41.6 Å². The van der Waals surface area contributed by atoms with Crippen LogP contribution in [-0.4, -0.2) is 22.2 Å². The van der Waals surface area contributed by atoms with Gasteiger partial charge in [0.15, 0.2) is 4.34 Å². The van der Waals surface area contributed by atoms with Crippen LogP contribution in [0.15, 0.2) is 34.0 Å². The van der Waals surface area contributed by atoms with Crippen molar-refractivity contribution < 1.29 is 4.79 Å². The second kappa shape index (κ2) is 7.29. The fourth-order valence-electron chi connectivity index (χ4n) is 1.89. The maximum atomic E-state index is 11.8. The van der Waals surface area contributed by atoms with Crippen molar-refractivity contribution in [2.45, 2.75) is 44.0 Å². The molecule has 0 aliphatic heterocycles. The van der Waals surface area contributed by atoms with Crippen molar-refractivity contribution in [3.8, 4) is 11.3 Å². The number of carbonyl (C=O) groups is 1. The molecule has 0 saturated carbocycles. The van der Waals surface area contributed by atoms with Crippen molar-refractivity contribution in [2.75, 3.05) is 5.75 Å². The van der Waals surface area contributed by atoms with Crippen molar-refractivity contribution in [1.82, 2.24) is 10.3 Å². The monoisotopic (exact) mass is 334 g/mol. The van der Waals surface area contributed by atoms with Crippen LogP contribution in [-0.2, 0) is 4.79 Å². The summed E-state index contributed by atoms with van der Waals surface area (Å²) in [4.78, 5) is 16.4. The van der Waals surface area contributed by atoms with Crippen molar-refractivity contribution >= 4 is 29.0 Å². The van der Waals surface area contributed by atoms with Gasteiger partial charge in [0.05, 0.1) is 5.69 Å². The summed E-state index contributed by atoms with van der Waals surface area (Å²) in [6.07, 6.45) is 0.515. The molecule has 0 saturated heterocycles. The molecule has 0 spiro atoms.